The summed E-state index contributed by atoms with van der Waals surface area (Å²) in [6.45, 7) is 4.91. The lowest BCUT2D eigenvalue weighted by Crippen LogP contribution is -2.30. The monoisotopic (exact) mass is 364 g/mol. The highest BCUT2D eigenvalue weighted by Gasteiger charge is 2.27. The first kappa shape index (κ1) is 20.7. The van der Waals surface area contributed by atoms with Crippen LogP contribution in [-0.4, -0.2) is 24.7 Å². The number of Topliss-reactive ketones (excluding diaryl/α,β-unsaturated/α-hetero) is 1. The third-order valence-electron chi connectivity index (χ3n) is 3.78. The molecule has 0 radical (unpaired) electrons. The van der Waals surface area contributed by atoms with Gasteiger partial charge >= 0.3 is 0 Å². The minimum Gasteiger partial charge on any atom is -0.299 e. The highest BCUT2D eigenvalue weighted by Crippen LogP contribution is 2.19. The summed E-state index contributed by atoms with van der Waals surface area (Å²) in [5.41, 5.74) is -0.434. The molecule has 7 heteroatoms. The second-order valence-corrected chi connectivity index (χ2v) is 9.67. The van der Waals surface area contributed by atoms with Crippen molar-refractivity contribution in [3.05, 3.63) is 35.1 Å². The van der Waals surface area contributed by atoms with Crippen LogP contribution in [0.15, 0.2) is 12.1 Å². The number of rotatable bonds is 8. The molecule has 1 rings (SSSR count). The van der Waals surface area contributed by atoms with Crippen molar-refractivity contribution in [1.82, 2.24) is 0 Å². The Morgan fingerprint density at radius 2 is 1.54 bits per heavy atom. The lowest BCUT2D eigenvalue weighted by atomic mass is 10.0. The molecule has 0 aliphatic carbocycles. The van der Waals surface area contributed by atoms with Gasteiger partial charge in [-0.1, -0.05) is 6.42 Å². The van der Waals surface area contributed by atoms with Crippen molar-refractivity contribution < 1.29 is 26.4 Å². The minimum atomic E-state index is -3.18. The fourth-order valence-electron chi connectivity index (χ4n) is 2.12. The first-order chi connectivity index (χ1) is 10.9. The molecule has 0 saturated carbocycles. The number of ketones is 1. The van der Waals surface area contributed by atoms with Crippen LogP contribution < -0.4 is 0 Å². The summed E-state index contributed by atoms with van der Waals surface area (Å²) in [4.78, 5) is 11.8. The zero-order valence-electron chi connectivity index (χ0n) is 14.2. The van der Waals surface area contributed by atoms with Crippen molar-refractivity contribution in [2.24, 2.45) is 0 Å². The fourth-order valence-corrected chi connectivity index (χ4v) is 3.32. The van der Waals surface area contributed by atoms with E-state index < -0.39 is 44.0 Å². The van der Waals surface area contributed by atoms with Crippen molar-refractivity contribution in [3.63, 3.8) is 0 Å². The number of halogens is 3. The van der Waals surface area contributed by atoms with E-state index in [9.17, 15) is 26.4 Å². The van der Waals surface area contributed by atoms with E-state index in [1.54, 1.807) is 20.8 Å². The quantitative estimate of drug-likeness (QED) is 0.656. The molecular formula is C17H23F3O3S. The maximum atomic E-state index is 13.5. The van der Waals surface area contributed by atoms with Crippen molar-refractivity contribution in [2.75, 3.05) is 5.75 Å². The molecule has 0 aromatic heterocycles. The first-order valence-corrected chi connectivity index (χ1v) is 9.46. The van der Waals surface area contributed by atoms with Crippen molar-refractivity contribution in [2.45, 2.75) is 57.6 Å². The van der Waals surface area contributed by atoms with E-state index in [-0.39, 0.29) is 18.0 Å². The van der Waals surface area contributed by atoms with E-state index in [0.29, 0.717) is 31.4 Å². The molecule has 1 aromatic carbocycles. The summed E-state index contributed by atoms with van der Waals surface area (Å²) in [5.74, 6) is -3.49. The van der Waals surface area contributed by atoms with Gasteiger partial charge in [-0.3, -0.25) is 4.79 Å². The molecule has 0 aliphatic rings. The normalized spacial score (nSPS) is 12.4. The standard InChI is InChI=1S/C17H23F3O3S/c1-17(2,3)24(22,23)8-6-4-5-7-13(21)11-14-15(19)9-12(18)10-16(14)20/h9-10H,4-8,11H2,1-3H3. The highest BCUT2D eigenvalue weighted by atomic mass is 32.2. The molecular weight excluding hydrogens is 341 g/mol. The zero-order chi connectivity index (χ0) is 18.5. The summed E-state index contributed by atoms with van der Waals surface area (Å²) >= 11 is 0. The molecule has 0 saturated heterocycles. The van der Waals surface area contributed by atoms with Crippen molar-refractivity contribution in [1.29, 1.82) is 0 Å². The Hall–Kier alpha value is -1.37. The van der Waals surface area contributed by atoms with Crippen LogP contribution in [-0.2, 0) is 21.1 Å². The van der Waals surface area contributed by atoms with E-state index in [4.69, 9.17) is 0 Å². The van der Waals surface area contributed by atoms with Crippen LogP contribution in [0.4, 0.5) is 13.2 Å². The van der Waals surface area contributed by atoms with Crippen LogP contribution in [0.2, 0.25) is 0 Å². The molecule has 0 aliphatic heterocycles. The van der Waals surface area contributed by atoms with Gasteiger partial charge in [0.05, 0.1) is 10.5 Å². The Kier molecular flexibility index (Phi) is 7.01. The lowest BCUT2D eigenvalue weighted by Gasteiger charge is -2.18. The fraction of sp³-hybridized carbons (Fsp3) is 0.588. The second-order valence-electron chi connectivity index (χ2n) is 6.81. The van der Waals surface area contributed by atoms with E-state index in [0.717, 1.165) is 0 Å². The summed E-state index contributed by atoms with van der Waals surface area (Å²) in [5, 5.41) is 0. The average Bonchev–Trinajstić information content (AvgIpc) is 2.41. The van der Waals surface area contributed by atoms with E-state index in [2.05, 4.69) is 0 Å². The SMILES string of the molecule is CC(C)(C)S(=O)(=O)CCCCCC(=O)Cc1c(F)cc(F)cc1F. The Morgan fingerprint density at radius 1 is 1.00 bits per heavy atom. The molecule has 0 spiro atoms. The highest BCUT2D eigenvalue weighted by molar-refractivity contribution is 7.92. The van der Waals surface area contributed by atoms with Crippen LogP contribution in [0.1, 0.15) is 52.0 Å². The predicted molar refractivity (Wildman–Crippen MR) is 87.0 cm³/mol. The third-order valence-corrected chi connectivity index (χ3v) is 6.47. The van der Waals surface area contributed by atoms with Crippen LogP contribution in [0.3, 0.4) is 0 Å². The van der Waals surface area contributed by atoms with Crippen LogP contribution in [0.5, 0.6) is 0 Å². The summed E-state index contributed by atoms with van der Waals surface area (Å²) in [6, 6.07) is 1.09. The Morgan fingerprint density at radius 3 is 2.04 bits per heavy atom. The zero-order valence-corrected chi connectivity index (χ0v) is 15.0. The van der Waals surface area contributed by atoms with Gasteiger partial charge in [0.25, 0.3) is 0 Å². The van der Waals surface area contributed by atoms with Crippen LogP contribution >= 0.6 is 0 Å². The second kappa shape index (κ2) is 8.14. The molecule has 136 valence electrons. The Balaban J connectivity index is 2.41. The Bertz CT molecular complexity index is 669. The number of carbonyl (C=O) groups excluding carboxylic acids is 1. The van der Waals surface area contributed by atoms with E-state index >= 15 is 0 Å². The summed E-state index contributed by atoms with van der Waals surface area (Å²) in [7, 11) is -3.18. The largest absolute Gasteiger partial charge is 0.299 e. The topological polar surface area (TPSA) is 51.2 Å². The van der Waals surface area contributed by atoms with E-state index in [1.807, 2.05) is 0 Å². The molecule has 0 bridgehead atoms. The smallest absolute Gasteiger partial charge is 0.155 e. The Labute approximate surface area is 141 Å². The van der Waals surface area contributed by atoms with Gasteiger partial charge in [-0.2, -0.15) is 0 Å². The minimum absolute atomic E-state index is 0.0475. The van der Waals surface area contributed by atoms with Gasteiger partial charge in [-0.15, -0.1) is 0 Å². The van der Waals surface area contributed by atoms with Gasteiger partial charge in [-0.05, 0) is 33.6 Å². The number of sulfone groups is 1. The summed E-state index contributed by atoms with van der Waals surface area (Å²) in [6.07, 6.45) is 1.09. The molecule has 0 N–H and O–H groups in total. The number of carbonyl (C=O) groups is 1. The van der Waals surface area contributed by atoms with Gasteiger partial charge in [-0.25, -0.2) is 21.6 Å². The molecule has 0 atom stereocenters. The number of benzene rings is 1. The maximum absolute atomic E-state index is 13.5. The molecule has 0 unspecified atom stereocenters. The molecule has 24 heavy (non-hydrogen) atoms. The van der Waals surface area contributed by atoms with Gasteiger partial charge in [0.15, 0.2) is 9.84 Å². The van der Waals surface area contributed by atoms with Crippen LogP contribution in [0, 0.1) is 17.5 Å². The molecule has 1 aromatic rings. The van der Waals surface area contributed by atoms with Gasteiger partial charge in [0.1, 0.15) is 23.2 Å². The van der Waals surface area contributed by atoms with Crippen molar-refractivity contribution in [3.8, 4) is 0 Å². The number of hydrogen-bond acceptors (Lipinski definition) is 3. The first-order valence-electron chi connectivity index (χ1n) is 7.81. The third kappa shape index (κ3) is 5.92. The van der Waals surface area contributed by atoms with Gasteiger partial charge < -0.3 is 0 Å². The maximum Gasteiger partial charge on any atom is 0.155 e. The molecule has 0 amide bonds. The summed E-state index contributed by atoms with van der Waals surface area (Å²) < 4.78 is 62.7. The average molecular weight is 364 g/mol. The number of hydrogen-bond donors (Lipinski definition) is 0. The van der Waals surface area contributed by atoms with Gasteiger partial charge in [0, 0.05) is 30.5 Å². The predicted octanol–water partition coefficient (Wildman–Crippen LogP) is 3.99. The lowest BCUT2D eigenvalue weighted by molar-refractivity contribution is -0.118. The number of unbranched alkanes of at least 4 members (excludes halogenated alkanes) is 2. The molecule has 3 nitrogen and oxygen atoms in total. The van der Waals surface area contributed by atoms with Gasteiger partial charge in [0.2, 0.25) is 0 Å². The van der Waals surface area contributed by atoms with E-state index in [1.165, 1.54) is 0 Å². The van der Waals surface area contributed by atoms with Crippen molar-refractivity contribution >= 4 is 15.6 Å². The molecule has 0 heterocycles. The van der Waals surface area contributed by atoms with Crippen LogP contribution in [0.25, 0.3) is 0 Å². The molecule has 0 fully saturated rings.